The molecule has 614 valence electrons. The summed E-state index contributed by atoms with van der Waals surface area (Å²) >= 11 is 13.4. The van der Waals surface area contributed by atoms with Crippen LogP contribution in [0.5, 0.6) is 0 Å². The van der Waals surface area contributed by atoms with Crippen molar-refractivity contribution < 1.29 is 80.2 Å². The van der Waals surface area contributed by atoms with Gasteiger partial charge < -0.3 is 69.5 Å². The van der Waals surface area contributed by atoms with E-state index < -0.39 is 185 Å². The molecule has 8 aliphatic rings. The molecule has 14 atom stereocenters. The molecule has 4 saturated carbocycles. The number of hydrogen-bond donors (Lipinski definition) is 3. The van der Waals surface area contributed by atoms with E-state index in [1.807, 2.05) is 34.6 Å². The van der Waals surface area contributed by atoms with Crippen LogP contribution in [0.3, 0.4) is 0 Å². The Morgan fingerprint density at radius 1 is 0.651 bits per heavy atom. The molecule has 0 radical (unpaired) electrons. The summed E-state index contributed by atoms with van der Waals surface area (Å²) in [6, 6.07) is -11.8. The molecule has 0 aromatic rings. The van der Waals surface area contributed by atoms with Crippen LogP contribution in [0.4, 0.5) is 13.2 Å². The van der Waals surface area contributed by atoms with Gasteiger partial charge in [-0.05, 0) is 151 Å². The minimum Gasteiger partial charge on any atom is -0.382 e. The molecule has 8 rings (SSSR count). The minimum atomic E-state index is -4.45. The smallest absolute Gasteiger partial charge is 0.382 e. The van der Waals surface area contributed by atoms with Gasteiger partial charge in [0.1, 0.15) is 59.9 Å². The van der Waals surface area contributed by atoms with Crippen molar-refractivity contribution in [1.29, 1.82) is 0 Å². The number of fused-ring (bicyclic) bond motifs is 4. The van der Waals surface area contributed by atoms with Gasteiger partial charge in [0.25, 0.3) is 0 Å². The molecular formula is C78H123Cl2F3N12O14. The summed E-state index contributed by atoms with van der Waals surface area (Å²) in [5.74, 6) is -11.4. The Balaban J connectivity index is 1.23. The Labute approximate surface area is 652 Å². The summed E-state index contributed by atoms with van der Waals surface area (Å²) in [6.07, 6.45) is 4.07. The lowest BCUT2D eigenvalue weighted by Crippen LogP contribution is -2.71. The summed E-state index contributed by atoms with van der Waals surface area (Å²) < 4.78 is 54.8. The zero-order valence-electron chi connectivity index (χ0n) is 66.7. The number of alkyl halides is 5. The van der Waals surface area contributed by atoms with E-state index >= 15 is 43.2 Å². The first-order valence-corrected chi connectivity index (χ1v) is 40.7. The molecule has 0 aromatic heterocycles. The highest BCUT2D eigenvalue weighted by Gasteiger charge is 2.60. The number of carbonyl (C=O) groups is 12. The number of carbonyl (C=O) groups excluding carboxylic acids is 12. The van der Waals surface area contributed by atoms with Gasteiger partial charge in [0.05, 0.1) is 43.1 Å². The molecule has 3 unspecified atom stereocenters. The van der Waals surface area contributed by atoms with E-state index in [4.69, 9.17) is 32.7 Å². The number of hydrogen-bond acceptors (Lipinski definition) is 14. The molecule has 12 amide bonds. The van der Waals surface area contributed by atoms with Crippen molar-refractivity contribution in [2.24, 2.45) is 35.0 Å². The second kappa shape index (κ2) is 38.0. The second-order valence-corrected chi connectivity index (χ2v) is 34.7. The van der Waals surface area contributed by atoms with Crippen molar-refractivity contribution >= 4 is 94.1 Å². The van der Waals surface area contributed by atoms with E-state index in [0.29, 0.717) is 51.4 Å². The Morgan fingerprint density at radius 2 is 1.31 bits per heavy atom. The Bertz CT molecular complexity index is 3290. The van der Waals surface area contributed by atoms with E-state index in [1.54, 1.807) is 19.1 Å². The highest BCUT2D eigenvalue weighted by atomic mass is 35.5. The zero-order chi connectivity index (χ0) is 80.5. The van der Waals surface area contributed by atoms with Crippen LogP contribution in [0.2, 0.25) is 0 Å². The van der Waals surface area contributed by atoms with Gasteiger partial charge in [-0.2, -0.15) is 13.2 Å². The fourth-order valence-corrected chi connectivity index (χ4v) is 18.8. The number of ether oxygens (including phenoxy) is 2. The molecule has 2 bridgehead atoms. The SMILES string of the molecule is CCC(CC)[C@H]1C(=O)N(C)[C@H](C(=O)N(C)C)CC(=O)N(C)[C@@H](COC)C(=O)N[C@@H]([C@@H](C)CC)C(=O)N2CCC[C@H]2C(=O)N(C)[C@H]2C/C=C\CCN(C2=O)[C@@H](CC2CCC(C(F)(F)F)CC2)C(=O)N(C)CC(=O)N[C@@H](CCC2CCC(Cl)C(Cl)C2)C(=O)N2C[C@H](OC3CCC3)C[C@H]2C(=O)NC2(CC(C)(C)C2)C(=O)N1C. The molecule has 7 fully saturated rings. The van der Waals surface area contributed by atoms with Crippen LogP contribution in [0.1, 0.15) is 196 Å². The van der Waals surface area contributed by atoms with Crippen LogP contribution < -0.4 is 16.0 Å². The summed E-state index contributed by atoms with van der Waals surface area (Å²) in [5.41, 5.74) is -2.17. The standard InChI is InChI=1S/C78H123Cl2F3N12O14/c1-15-46(4)64-73(105)93-36-22-26-57(93)71(103)90(11)56-25-19-18-20-35-94(72(56)104)60(38-48-27-31-50(32-28-48)78(81,82)83)70(102)88(9)42-62(96)84-55(34-30-47-29-33-53(79)54(80)37-47)68(100)95-41-52(109-51-23-21-24-51)39-58(95)67(99)86-77(44-76(5,6)45-77)75(107)92(13)65(49(16-2)17-3)74(106)91(12)59(69(101)87(7)8)40-63(97)89(10)61(43-108-14)66(98)85-64/h18-19,46-61,64-65H,15-17,20-45H2,1-14H3,(H,84,96)(H,85,98)(H,86,99)/b19-18-/t46-,47?,48?,50?,52+,53?,54?,55-,56-,57-,58-,59-,60-,61-,64-,65-/m0/s1. The molecule has 31 heteroatoms. The minimum absolute atomic E-state index is 0.0151. The van der Waals surface area contributed by atoms with Gasteiger partial charge in [0.2, 0.25) is 70.9 Å². The van der Waals surface area contributed by atoms with Gasteiger partial charge in [-0.1, -0.05) is 73.0 Å². The predicted molar refractivity (Wildman–Crippen MR) is 404 cm³/mol. The third kappa shape index (κ3) is 20.9. The Kier molecular flexibility index (Phi) is 30.8. The number of nitrogens with one attached hydrogen (secondary N) is 3. The van der Waals surface area contributed by atoms with Gasteiger partial charge in [-0.25, -0.2) is 0 Å². The molecule has 4 aliphatic carbocycles. The van der Waals surface area contributed by atoms with Gasteiger partial charge in [0, 0.05) is 87.9 Å². The first kappa shape index (κ1) is 88.2. The second-order valence-electron chi connectivity index (χ2n) is 33.6. The lowest BCUT2D eigenvalue weighted by Gasteiger charge is -2.54. The number of nitrogens with zero attached hydrogens (tertiary/aromatic N) is 9. The van der Waals surface area contributed by atoms with E-state index in [2.05, 4.69) is 16.0 Å². The number of halogens is 5. The topological polar surface area (TPSA) is 289 Å². The maximum atomic E-state index is 15.9. The van der Waals surface area contributed by atoms with Crippen molar-refractivity contribution in [2.45, 2.75) is 285 Å². The van der Waals surface area contributed by atoms with Crippen molar-refractivity contribution in [3.05, 3.63) is 12.2 Å². The molecule has 1 spiro atoms. The molecular weight excluding hydrogens is 1460 g/mol. The van der Waals surface area contributed by atoms with Crippen molar-refractivity contribution in [3.63, 3.8) is 0 Å². The van der Waals surface area contributed by atoms with E-state index in [-0.39, 0.29) is 126 Å². The summed E-state index contributed by atoms with van der Waals surface area (Å²) in [4.78, 5) is 196. The number of amides is 12. The van der Waals surface area contributed by atoms with Gasteiger partial charge in [-0.15, -0.1) is 23.2 Å². The van der Waals surface area contributed by atoms with Crippen LogP contribution in [-0.2, 0) is 67.0 Å². The Morgan fingerprint density at radius 3 is 1.90 bits per heavy atom. The fraction of sp³-hybridized carbons (Fsp3) is 0.821. The lowest BCUT2D eigenvalue weighted by atomic mass is 9.58. The summed E-state index contributed by atoms with van der Waals surface area (Å²) in [7, 11) is 11.3. The van der Waals surface area contributed by atoms with Crippen LogP contribution >= 0.6 is 23.2 Å². The largest absolute Gasteiger partial charge is 0.391 e. The number of methoxy groups -OCH3 is 1. The van der Waals surface area contributed by atoms with Crippen LogP contribution in [-0.4, -0.2) is 293 Å². The molecule has 4 aliphatic heterocycles. The summed E-state index contributed by atoms with van der Waals surface area (Å²) in [5, 5.41) is 8.30. The first-order valence-electron chi connectivity index (χ1n) is 39.8. The maximum absolute atomic E-state index is 15.9. The average Bonchev–Trinajstić information content (AvgIpc) is 1.40. The van der Waals surface area contributed by atoms with Crippen LogP contribution in [0.15, 0.2) is 12.2 Å². The third-order valence-electron chi connectivity index (χ3n) is 25.1. The maximum Gasteiger partial charge on any atom is 0.391 e. The molecule has 3 saturated heterocycles. The van der Waals surface area contributed by atoms with Gasteiger partial charge in [0.15, 0.2) is 0 Å². The zero-order valence-corrected chi connectivity index (χ0v) is 68.2. The van der Waals surface area contributed by atoms with Crippen molar-refractivity contribution in [3.8, 4) is 0 Å². The van der Waals surface area contributed by atoms with Crippen molar-refractivity contribution in [2.75, 3.05) is 89.2 Å². The molecule has 109 heavy (non-hydrogen) atoms. The quantitative estimate of drug-likeness (QED) is 0.114. The van der Waals surface area contributed by atoms with E-state index in [1.165, 1.54) is 85.8 Å². The number of rotatable bonds is 15. The summed E-state index contributed by atoms with van der Waals surface area (Å²) in [6.45, 7) is 10.1. The van der Waals surface area contributed by atoms with Crippen LogP contribution in [0.25, 0.3) is 0 Å². The molecule has 0 aromatic carbocycles. The lowest BCUT2D eigenvalue weighted by molar-refractivity contribution is -0.184. The highest BCUT2D eigenvalue weighted by Crippen LogP contribution is 2.50. The fourth-order valence-electron chi connectivity index (χ4n) is 18.2. The monoisotopic (exact) mass is 1580 g/mol. The van der Waals surface area contributed by atoms with E-state index in [9.17, 15) is 27.6 Å². The molecule has 26 nitrogen and oxygen atoms in total. The highest BCUT2D eigenvalue weighted by molar-refractivity contribution is 6.30. The van der Waals surface area contributed by atoms with Gasteiger partial charge >= 0.3 is 6.18 Å². The van der Waals surface area contributed by atoms with Crippen molar-refractivity contribution in [1.82, 2.24) is 60.0 Å². The molecule has 4 heterocycles. The van der Waals surface area contributed by atoms with Gasteiger partial charge in [-0.3, -0.25) is 57.5 Å². The number of likely N-dealkylation sites (N-methyl/N-ethyl adjacent to an activating group) is 6. The van der Waals surface area contributed by atoms with Crippen LogP contribution in [0, 0.1) is 35.0 Å². The van der Waals surface area contributed by atoms with E-state index in [0.717, 1.165) is 34.0 Å². The average molecular weight is 1580 g/mol. The Hall–Kier alpha value is -6.33. The normalized spacial score (nSPS) is 32.5. The first-order chi connectivity index (χ1) is 51.3. The third-order valence-corrected chi connectivity index (χ3v) is 26.3. The predicted octanol–water partition coefficient (Wildman–Crippen LogP) is 6.65. The molecule has 3 N–H and O–H groups in total.